The first-order valence-corrected chi connectivity index (χ1v) is 9.71. The molecule has 2 aliphatic rings. The van der Waals surface area contributed by atoms with Crippen LogP contribution in [0.5, 0.6) is 0 Å². The van der Waals surface area contributed by atoms with Gasteiger partial charge in [-0.3, -0.25) is 9.89 Å². The van der Waals surface area contributed by atoms with E-state index in [1.807, 2.05) is 11.9 Å². The van der Waals surface area contributed by atoms with Crippen LogP contribution in [-0.2, 0) is 9.84 Å². The minimum Gasteiger partial charge on any atom is -0.353 e. The van der Waals surface area contributed by atoms with E-state index in [0.717, 1.165) is 19.0 Å². The number of piperazine rings is 1. The maximum Gasteiger partial charge on any atom is 0.194 e. The predicted octanol–water partition coefficient (Wildman–Crippen LogP) is 0.310. The van der Waals surface area contributed by atoms with Crippen molar-refractivity contribution in [3.63, 3.8) is 0 Å². The van der Waals surface area contributed by atoms with Crippen LogP contribution in [0.25, 0.3) is 0 Å². The molecule has 0 bridgehead atoms. The van der Waals surface area contributed by atoms with Gasteiger partial charge in [-0.05, 0) is 19.4 Å². The molecule has 2 unspecified atom stereocenters. The molecule has 0 aromatic heterocycles. The third-order valence-electron chi connectivity index (χ3n) is 4.33. The molecule has 2 fully saturated rings. The highest BCUT2D eigenvalue weighted by Gasteiger charge is 2.29. The van der Waals surface area contributed by atoms with Crippen molar-refractivity contribution < 1.29 is 8.42 Å². The Labute approximate surface area is 161 Å². The molecule has 9 heteroatoms. The van der Waals surface area contributed by atoms with Gasteiger partial charge in [0.05, 0.1) is 17.6 Å². The number of hydrogen-bond donors (Lipinski definition) is 1. The zero-order valence-corrected chi connectivity index (χ0v) is 17.2. The van der Waals surface area contributed by atoms with E-state index in [9.17, 15) is 13.7 Å². The van der Waals surface area contributed by atoms with E-state index < -0.39 is 9.84 Å². The van der Waals surface area contributed by atoms with Crippen LogP contribution in [0.3, 0.4) is 0 Å². The second-order valence-corrected chi connectivity index (χ2v) is 8.40. The normalized spacial score (nSPS) is 27.2. The van der Waals surface area contributed by atoms with Gasteiger partial charge in [0.15, 0.2) is 15.8 Å². The number of nitrogens with one attached hydrogen (secondary N) is 1. The Balaban J connectivity index is 0.00000288. The first kappa shape index (κ1) is 21.2. The van der Waals surface area contributed by atoms with Crippen LogP contribution >= 0.6 is 24.0 Å². The molecule has 0 aromatic rings. The van der Waals surface area contributed by atoms with Gasteiger partial charge in [0.2, 0.25) is 0 Å². The Hall–Kier alpha value is -0.860. The molecule has 2 rings (SSSR count). The summed E-state index contributed by atoms with van der Waals surface area (Å²) in [6.07, 6.45) is 2.44. The Morgan fingerprint density at radius 1 is 1.50 bits per heavy atom. The van der Waals surface area contributed by atoms with Gasteiger partial charge in [0.25, 0.3) is 0 Å². The number of aliphatic imine (C=N–C) groups is 1. The van der Waals surface area contributed by atoms with Crippen LogP contribution in [0.15, 0.2) is 17.6 Å². The number of likely N-dealkylation sites (N-methyl/N-ethyl adjacent to an activating group) is 1. The monoisotopic (exact) mass is 467 g/mol. The quantitative estimate of drug-likeness (QED) is 0.277. The Morgan fingerprint density at radius 2 is 2.25 bits per heavy atom. The van der Waals surface area contributed by atoms with E-state index in [4.69, 9.17) is 0 Å². The van der Waals surface area contributed by atoms with Gasteiger partial charge < -0.3 is 10.2 Å². The largest absolute Gasteiger partial charge is 0.353 e. The molecule has 0 aromatic carbocycles. The standard InChI is InChI=1S/C15H25N5O2S.HI/c1-3-5-17-15(18-10-13-4-8-23(21,22)12-13)20-7-6-19(2)14(9-16)11-20;/h3,13-14H,1,4-8,10-12H2,2H3,(H,17,18);1H. The van der Waals surface area contributed by atoms with Crippen LogP contribution in [0.1, 0.15) is 6.42 Å². The fourth-order valence-corrected chi connectivity index (χ4v) is 4.72. The minimum absolute atomic E-state index is 0. The Kier molecular flexibility index (Phi) is 8.45. The maximum atomic E-state index is 11.5. The van der Waals surface area contributed by atoms with Crippen molar-refractivity contribution in [3.05, 3.63) is 12.7 Å². The van der Waals surface area contributed by atoms with Crippen molar-refractivity contribution in [1.29, 1.82) is 5.26 Å². The lowest BCUT2D eigenvalue weighted by Crippen LogP contribution is -2.55. The molecule has 0 amide bonds. The highest BCUT2D eigenvalue weighted by atomic mass is 127. The Bertz CT molecular complexity index is 601. The van der Waals surface area contributed by atoms with Crippen LogP contribution in [0, 0.1) is 17.2 Å². The number of nitrogens with zero attached hydrogens (tertiary/aromatic N) is 4. The van der Waals surface area contributed by atoms with Crippen molar-refractivity contribution >= 4 is 39.8 Å². The number of nitriles is 1. The molecular weight excluding hydrogens is 441 g/mol. The van der Waals surface area contributed by atoms with Crippen molar-refractivity contribution in [2.75, 3.05) is 51.3 Å². The summed E-state index contributed by atoms with van der Waals surface area (Å²) >= 11 is 0. The van der Waals surface area contributed by atoms with Gasteiger partial charge in [-0.2, -0.15) is 5.26 Å². The summed E-state index contributed by atoms with van der Waals surface area (Å²) in [5.74, 6) is 1.34. The minimum atomic E-state index is -2.87. The van der Waals surface area contributed by atoms with Crippen LogP contribution < -0.4 is 5.32 Å². The maximum absolute atomic E-state index is 11.5. The molecule has 2 aliphatic heterocycles. The van der Waals surface area contributed by atoms with Gasteiger partial charge in [0, 0.05) is 32.7 Å². The third kappa shape index (κ3) is 5.89. The van der Waals surface area contributed by atoms with Crippen molar-refractivity contribution in [2.24, 2.45) is 10.9 Å². The summed E-state index contributed by atoms with van der Waals surface area (Å²) < 4.78 is 23.1. The SMILES string of the molecule is C=CCNC(=NCC1CCS(=O)(=O)C1)N1CCN(C)C(C#N)C1.I. The van der Waals surface area contributed by atoms with Gasteiger partial charge in [-0.25, -0.2) is 8.42 Å². The van der Waals surface area contributed by atoms with Crippen molar-refractivity contribution in [2.45, 2.75) is 12.5 Å². The molecule has 0 saturated carbocycles. The van der Waals surface area contributed by atoms with Gasteiger partial charge in [0.1, 0.15) is 6.04 Å². The topological polar surface area (TPSA) is 88.8 Å². The van der Waals surface area contributed by atoms with Crippen molar-refractivity contribution in [3.8, 4) is 6.07 Å². The number of sulfone groups is 1. The van der Waals surface area contributed by atoms with E-state index in [1.54, 1.807) is 6.08 Å². The fourth-order valence-electron chi connectivity index (χ4n) is 2.87. The summed E-state index contributed by atoms with van der Waals surface area (Å²) in [5, 5.41) is 12.5. The Morgan fingerprint density at radius 3 is 2.83 bits per heavy atom. The first-order chi connectivity index (χ1) is 10.9. The molecule has 0 radical (unpaired) electrons. The van der Waals surface area contributed by atoms with E-state index in [0.29, 0.717) is 26.1 Å². The first-order valence-electron chi connectivity index (χ1n) is 7.89. The molecule has 2 heterocycles. The predicted molar refractivity (Wildman–Crippen MR) is 106 cm³/mol. The molecule has 0 aliphatic carbocycles. The number of hydrogen-bond acceptors (Lipinski definition) is 5. The van der Waals surface area contributed by atoms with Gasteiger partial charge >= 0.3 is 0 Å². The third-order valence-corrected chi connectivity index (χ3v) is 6.16. The zero-order chi connectivity index (χ0) is 16.9. The van der Waals surface area contributed by atoms with E-state index >= 15 is 0 Å². The summed E-state index contributed by atoms with van der Waals surface area (Å²) in [6, 6.07) is 2.14. The number of halogens is 1. The second-order valence-electron chi connectivity index (χ2n) is 6.17. The lowest BCUT2D eigenvalue weighted by Gasteiger charge is -2.37. The molecule has 2 atom stereocenters. The molecular formula is C15H26IN5O2S. The lowest BCUT2D eigenvalue weighted by molar-refractivity contribution is 0.171. The smallest absolute Gasteiger partial charge is 0.194 e. The summed E-state index contributed by atoms with van der Waals surface area (Å²) in [6.45, 7) is 6.98. The molecule has 1 N–H and O–H groups in total. The summed E-state index contributed by atoms with van der Waals surface area (Å²) in [5.41, 5.74) is 0. The van der Waals surface area contributed by atoms with E-state index in [-0.39, 0.29) is 47.4 Å². The number of rotatable bonds is 4. The zero-order valence-electron chi connectivity index (χ0n) is 14.0. The van der Waals surface area contributed by atoms with Crippen molar-refractivity contribution in [1.82, 2.24) is 15.1 Å². The fraction of sp³-hybridized carbons (Fsp3) is 0.733. The van der Waals surface area contributed by atoms with Crippen LogP contribution in [-0.4, -0.2) is 81.5 Å². The van der Waals surface area contributed by atoms with E-state index in [1.165, 1.54) is 0 Å². The number of guanidine groups is 1. The molecule has 2 saturated heterocycles. The van der Waals surface area contributed by atoms with Gasteiger partial charge in [-0.15, -0.1) is 30.6 Å². The molecule has 24 heavy (non-hydrogen) atoms. The molecule has 0 spiro atoms. The van der Waals surface area contributed by atoms with Crippen LogP contribution in [0.4, 0.5) is 0 Å². The molecule has 7 nitrogen and oxygen atoms in total. The summed E-state index contributed by atoms with van der Waals surface area (Å²) in [4.78, 5) is 8.72. The average molecular weight is 467 g/mol. The lowest BCUT2D eigenvalue weighted by atomic mass is 10.1. The highest BCUT2D eigenvalue weighted by Crippen LogP contribution is 2.18. The highest BCUT2D eigenvalue weighted by molar-refractivity contribution is 14.0. The van der Waals surface area contributed by atoms with E-state index in [2.05, 4.69) is 27.9 Å². The van der Waals surface area contributed by atoms with Gasteiger partial charge in [-0.1, -0.05) is 6.08 Å². The molecule has 136 valence electrons. The van der Waals surface area contributed by atoms with Crippen LogP contribution in [0.2, 0.25) is 0 Å². The average Bonchev–Trinajstić information content (AvgIpc) is 2.87. The second kappa shape index (κ2) is 9.58. The summed E-state index contributed by atoms with van der Waals surface area (Å²) in [7, 11) is -0.927.